The Morgan fingerprint density at radius 2 is 1.69 bits per heavy atom. The summed E-state index contributed by atoms with van der Waals surface area (Å²) in [4.78, 5) is 14.9. The van der Waals surface area contributed by atoms with Gasteiger partial charge in [-0.25, -0.2) is 0 Å². The fraction of sp³-hybridized carbons (Fsp3) is 0.667. The lowest BCUT2D eigenvalue weighted by atomic mass is 10.1. The second-order valence-electron chi connectivity index (χ2n) is 7.26. The molecular weight excluding hydrogens is 350 g/mol. The van der Waals surface area contributed by atoms with Crippen LogP contribution >= 0.6 is 11.6 Å². The number of hydrogen-bond acceptors (Lipinski definition) is 3. The Labute approximate surface area is 161 Å². The summed E-state index contributed by atoms with van der Waals surface area (Å²) in [5.41, 5.74) is 1.64. The van der Waals surface area contributed by atoms with Crippen LogP contribution in [0.2, 0.25) is 5.02 Å². The standard InChI is InChI=1S/C21H30ClNO3/c1-2-3-4-5-6-7-8-9-13-23-19-12-11-17(22)16-18(19)21(20(23)24)25-14-10-15-26-21/h11-12,16H,2-10,13-15H2,1H3. The van der Waals surface area contributed by atoms with Crippen molar-refractivity contribution < 1.29 is 14.3 Å². The summed E-state index contributed by atoms with van der Waals surface area (Å²) in [5.74, 6) is -1.38. The molecule has 0 bridgehead atoms. The van der Waals surface area contributed by atoms with Crippen molar-refractivity contribution >= 4 is 23.2 Å². The van der Waals surface area contributed by atoms with Crippen LogP contribution in [0.3, 0.4) is 0 Å². The summed E-state index contributed by atoms with van der Waals surface area (Å²) in [6.07, 6.45) is 10.8. The van der Waals surface area contributed by atoms with E-state index < -0.39 is 5.79 Å². The highest BCUT2D eigenvalue weighted by Gasteiger charge is 2.54. The van der Waals surface area contributed by atoms with Crippen LogP contribution in [0.25, 0.3) is 0 Å². The molecule has 0 unspecified atom stereocenters. The zero-order valence-electron chi connectivity index (χ0n) is 15.8. The van der Waals surface area contributed by atoms with Crippen molar-refractivity contribution in [3.8, 4) is 0 Å². The van der Waals surface area contributed by atoms with Crippen molar-refractivity contribution in [2.75, 3.05) is 24.7 Å². The van der Waals surface area contributed by atoms with Gasteiger partial charge in [-0.2, -0.15) is 0 Å². The lowest BCUT2D eigenvalue weighted by molar-refractivity contribution is -0.256. The minimum Gasteiger partial charge on any atom is -0.338 e. The molecule has 1 amide bonds. The van der Waals surface area contributed by atoms with Crippen LogP contribution in [0.1, 0.15) is 70.3 Å². The van der Waals surface area contributed by atoms with Crippen LogP contribution in [0.5, 0.6) is 0 Å². The van der Waals surface area contributed by atoms with Crippen molar-refractivity contribution in [1.82, 2.24) is 0 Å². The zero-order valence-corrected chi connectivity index (χ0v) is 16.5. The summed E-state index contributed by atoms with van der Waals surface area (Å²) in [5, 5.41) is 0.600. The summed E-state index contributed by atoms with van der Waals surface area (Å²) in [7, 11) is 0. The van der Waals surface area contributed by atoms with Crippen molar-refractivity contribution in [2.24, 2.45) is 0 Å². The van der Waals surface area contributed by atoms with Gasteiger partial charge >= 0.3 is 0 Å². The van der Waals surface area contributed by atoms with E-state index in [2.05, 4.69) is 6.92 Å². The van der Waals surface area contributed by atoms with Crippen LogP contribution in [-0.4, -0.2) is 25.7 Å². The number of anilines is 1. The van der Waals surface area contributed by atoms with E-state index in [-0.39, 0.29) is 5.91 Å². The summed E-state index contributed by atoms with van der Waals surface area (Å²) >= 11 is 6.18. The number of unbranched alkanes of at least 4 members (excludes halogenated alkanes) is 7. The number of amides is 1. The quantitative estimate of drug-likeness (QED) is 0.538. The molecule has 5 heteroatoms. The molecule has 1 spiro atoms. The molecule has 2 aliphatic rings. The number of carbonyl (C=O) groups is 1. The van der Waals surface area contributed by atoms with Crippen molar-refractivity contribution in [1.29, 1.82) is 0 Å². The van der Waals surface area contributed by atoms with E-state index in [0.29, 0.717) is 24.8 Å². The lowest BCUT2D eigenvalue weighted by Crippen LogP contribution is -2.47. The lowest BCUT2D eigenvalue weighted by Gasteiger charge is -2.32. The maximum absolute atomic E-state index is 13.1. The largest absolute Gasteiger partial charge is 0.338 e. The second-order valence-corrected chi connectivity index (χ2v) is 7.70. The van der Waals surface area contributed by atoms with E-state index in [1.807, 2.05) is 23.1 Å². The average molecular weight is 380 g/mol. The van der Waals surface area contributed by atoms with Gasteiger partial charge in [0, 0.05) is 17.1 Å². The Kier molecular flexibility index (Phi) is 6.96. The van der Waals surface area contributed by atoms with Crippen LogP contribution < -0.4 is 4.90 Å². The molecule has 0 aliphatic carbocycles. The van der Waals surface area contributed by atoms with Gasteiger partial charge in [0.1, 0.15) is 0 Å². The molecule has 1 aromatic rings. The van der Waals surface area contributed by atoms with E-state index >= 15 is 0 Å². The van der Waals surface area contributed by atoms with Crippen LogP contribution in [0.15, 0.2) is 18.2 Å². The van der Waals surface area contributed by atoms with Crippen LogP contribution in [0, 0.1) is 0 Å². The third kappa shape index (κ3) is 4.08. The maximum atomic E-state index is 13.1. The third-order valence-electron chi connectivity index (χ3n) is 5.27. The van der Waals surface area contributed by atoms with Gasteiger partial charge in [0.05, 0.1) is 18.9 Å². The number of nitrogens with zero attached hydrogens (tertiary/aromatic N) is 1. The van der Waals surface area contributed by atoms with Crippen LogP contribution in [0.4, 0.5) is 5.69 Å². The molecule has 26 heavy (non-hydrogen) atoms. The molecule has 1 saturated heterocycles. The highest BCUT2D eigenvalue weighted by atomic mass is 35.5. The Hall–Kier alpha value is -1.10. The molecule has 0 radical (unpaired) electrons. The first-order valence-electron chi connectivity index (χ1n) is 10.1. The van der Waals surface area contributed by atoms with Gasteiger partial charge in [-0.1, -0.05) is 63.5 Å². The fourth-order valence-corrected chi connectivity index (χ4v) is 4.02. The smallest absolute Gasteiger partial charge is 0.292 e. The van der Waals surface area contributed by atoms with Gasteiger partial charge in [0.2, 0.25) is 0 Å². The highest BCUT2D eigenvalue weighted by Crippen LogP contribution is 2.46. The molecule has 144 valence electrons. The SMILES string of the molecule is CCCCCCCCCCN1C(=O)C2(OCCCO2)c2cc(Cl)ccc21. The molecule has 3 rings (SSSR count). The van der Waals surface area contributed by atoms with E-state index in [1.165, 1.54) is 38.5 Å². The van der Waals surface area contributed by atoms with Gasteiger partial charge in [-0.15, -0.1) is 0 Å². The van der Waals surface area contributed by atoms with E-state index in [4.69, 9.17) is 21.1 Å². The average Bonchev–Trinajstić information content (AvgIpc) is 2.87. The first kappa shape index (κ1) is 19.7. The van der Waals surface area contributed by atoms with E-state index in [1.54, 1.807) is 0 Å². The summed E-state index contributed by atoms with van der Waals surface area (Å²) in [6.45, 7) is 4.01. The first-order valence-corrected chi connectivity index (χ1v) is 10.5. The number of rotatable bonds is 9. The molecule has 0 N–H and O–H groups in total. The number of benzene rings is 1. The number of fused-ring (bicyclic) bond motifs is 2. The zero-order chi connectivity index (χ0) is 18.4. The second kappa shape index (κ2) is 9.20. The number of ether oxygens (including phenoxy) is 2. The predicted molar refractivity (Wildman–Crippen MR) is 105 cm³/mol. The number of hydrogen-bond donors (Lipinski definition) is 0. The van der Waals surface area contributed by atoms with Gasteiger partial charge in [0.15, 0.2) is 0 Å². The molecule has 2 heterocycles. The Bertz CT molecular complexity index is 613. The molecule has 4 nitrogen and oxygen atoms in total. The van der Waals surface area contributed by atoms with Gasteiger partial charge < -0.3 is 14.4 Å². The van der Waals surface area contributed by atoms with Crippen LogP contribution in [-0.2, 0) is 20.1 Å². The van der Waals surface area contributed by atoms with Gasteiger partial charge in [-0.3, -0.25) is 4.79 Å². The Morgan fingerprint density at radius 1 is 1.04 bits per heavy atom. The minimum absolute atomic E-state index is 0.0996. The van der Waals surface area contributed by atoms with Crippen molar-refractivity contribution in [3.05, 3.63) is 28.8 Å². The molecule has 2 aliphatic heterocycles. The summed E-state index contributed by atoms with van der Waals surface area (Å²) < 4.78 is 11.7. The van der Waals surface area contributed by atoms with E-state index in [0.717, 1.165) is 30.5 Å². The fourth-order valence-electron chi connectivity index (χ4n) is 3.85. The Morgan fingerprint density at radius 3 is 2.38 bits per heavy atom. The number of carbonyl (C=O) groups excluding carboxylic acids is 1. The maximum Gasteiger partial charge on any atom is 0.292 e. The molecule has 0 aromatic heterocycles. The third-order valence-corrected chi connectivity index (χ3v) is 5.50. The molecule has 0 atom stereocenters. The van der Waals surface area contributed by atoms with E-state index in [9.17, 15) is 4.79 Å². The summed E-state index contributed by atoms with van der Waals surface area (Å²) in [6, 6.07) is 5.56. The van der Waals surface area contributed by atoms with Crippen molar-refractivity contribution in [3.63, 3.8) is 0 Å². The normalized spacial score (nSPS) is 18.5. The molecule has 0 saturated carbocycles. The predicted octanol–water partition coefficient (Wildman–Crippen LogP) is 5.42. The molecule has 1 fully saturated rings. The molecular formula is C21H30ClNO3. The molecule has 1 aromatic carbocycles. The van der Waals surface area contributed by atoms with Gasteiger partial charge in [0.25, 0.3) is 11.7 Å². The Balaban J connectivity index is 1.59. The highest BCUT2D eigenvalue weighted by molar-refractivity contribution is 6.31. The monoisotopic (exact) mass is 379 g/mol. The topological polar surface area (TPSA) is 38.8 Å². The minimum atomic E-state index is -1.28. The van der Waals surface area contributed by atoms with Crippen molar-refractivity contribution in [2.45, 2.75) is 70.5 Å². The van der Waals surface area contributed by atoms with Gasteiger partial charge in [-0.05, 0) is 31.0 Å². The first-order chi connectivity index (χ1) is 12.7. The number of halogens is 1.